The summed E-state index contributed by atoms with van der Waals surface area (Å²) in [5.74, 6) is -2.47. The lowest BCUT2D eigenvalue weighted by Crippen LogP contribution is -2.54. The number of halogens is 3. The molecule has 4 aromatic rings. The van der Waals surface area contributed by atoms with Crippen LogP contribution in [-0.2, 0) is 26.1 Å². The molecular formula is C44H49F3N8O7. The summed E-state index contributed by atoms with van der Waals surface area (Å²) in [6.07, 6.45) is 2.84. The number of fused-ring (bicyclic) bond motifs is 2. The molecule has 4 aliphatic rings. The van der Waals surface area contributed by atoms with E-state index in [1.807, 2.05) is 10.9 Å². The summed E-state index contributed by atoms with van der Waals surface area (Å²) in [5, 5.41) is 24.8. The molecule has 5 amide bonds. The van der Waals surface area contributed by atoms with Crippen LogP contribution in [0.1, 0.15) is 114 Å². The third-order valence-corrected chi connectivity index (χ3v) is 12.3. The van der Waals surface area contributed by atoms with E-state index in [1.165, 1.54) is 6.07 Å². The number of morpholine rings is 1. The van der Waals surface area contributed by atoms with E-state index in [1.54, 1.807) is 44.2 Å². The molecule has 2 atom stereocenters. The van der Waals surface area contributed by atoms with Crippen LogP contribution in [0.25, 0.3) is 10.9 Å². The Morgan fingerprint density at radius 3 is 2.50 bits per heavy atom. The van der Waals surface area contributed by atoms with Gasteiger partial charge in [0, 0.05) is 61.1 Å². The number of hydrogen-bond acceptors (Lipinski definition) is 11. The lowest BCUT2D eigenvalue weighted by atomic mass is 9.85. The van der Waals surface area contributed by atoms with E-state index >= 15 is 0 Å². The Kier molecular flexibility index (Phi) is 11.9. The summed E-state index contributed by atoms with van der Waals surface area (Å²) in [6.45, 7) is 6.93. The molecule has 5 heterocycles. The number of hydrogen-bond donors (Lipinski definition) is 4. The summed E-state index contributed by atoms with van der Waals surface area (Å²) in [5.41, 5.74) is -0.709. The summed E-state index contributed by atoms with van der Waals surface area (Å²) in [4.78, 5) is 70.8. The average Bonchev–Trinajstić information content (AvgIpc) is 3.76. The van der Waals surface area contributed by atoms with Gasteiger partial charge < -0.3 is 20.5 Å². The van der Waals surface area contributed by atoms with E-state index in [0.717, 1.165) is 80.6 Å². The second kappa shape index (κ2) is 17.2. The van der Waals surface area contributed by atoms with Crippen LogP contribution in [0.2, 0.25) is 0 Å². The van der Waals surface area contributed by atoms with Gasteiger partial charge in [0.25, 0.3) is 17.7 Å². The molecule has 1 saturated carbocycles. The Hall–Kier alpha value is -5.72. The number of carbonyl (C=O) groups is 5. The lowest BCUT2D eigenvalue weighted by Gasteiger charge is -2.37. The first-order valence-corrected chi connectivity index (χ1v) is 21.1. The predicted molar refractivity (Wildman–Crippen MR) is 220 cm³/mol. The van der Waals surface area contributed by atoms with Crippen molar-refractivity contribution >= 4 is 51.8 Å². The van der Waals surface area contributed by atoms with Crippen LogP contribution in [0, 0.1) is 5.92 Å². The van der Waals surface area contributed by atoms with Crippen molar-refractivity contribution in [2.24, 2.45) is 5.92 Å². The number of anilines is 2. The van der Waals surface area contributed by atoms with E-state index in [-0.39, 0.29) is 41.8 Å². The predicted octanol–water partition coefficient (Wildman–Crippen LogP) is 5.66. The smallest absolute Gasteiger partial charge is 0.386 e. The molecular weight excluding hydrogens is 810 g/mol. The van der Waals surface area contributed by atoms with E-state index < -0.39 is 58.7 Å². The van der Waals surface area contributed by atoms with Crippen molar-refractivity contribution in [2.75, 3.05) is 43.4 Å². The first-order chi connectivity index (χ1) is 29.5. The second-order valence-electron chi connectivity index (χ2n) is 17.2. The molecule has 2 aromatic heterocycles. The van der Waals surface area contributed by atoms with E-state index in [0.29, 0.717) is 35.8 Å². The molecule has 3 aliphatic heterocycles. The Labute approximate surface area is 355 Å². The van der Waals surface area contributed by atoms with Crippen molar-refractivity contribution in [3.05, 3.63) is 82.8 Å². The summed E-state index contributed by atoms with van der Waals surface area (Å²) < 4.78 is 47.9. The molecule has 0 spiro atoms. The number of ether oxygens (including phenoxy) is 1. The zero-order chi connectivity index (χ0) is 43.9. The molecule has 328 valence electrons. The van der Waals surface area contributed by atoms with Crippen molar-refractivity contribution in [1.82, 2.24) is 29.9 Å². The number of pyridine rings is 1. The fourth-order valence-corrected chi connectivity index (χ4v) is 9.09. The van der Waals surface area contributed by atoms with Gasteiger partial charge in [-0.1, -0.05) is 12.1 Å². The average molecular weight is 859 g/mol. The Morgan fingerprint density at radius 1 is 0.984 bits per heavy atom. The van der Waals surface area contributed by atoms with Crippen molar-refractivity contribution in [3.63, 3.8) is 0 Å². The topological polar surface area (TPSA) is 188 Å². The highest BCUT2D eigenvalue weighted by atomic mass is 19.4. The largest absolute Gasteiger partial charge is 0.433 e. The number of aliphatic hydroxyl groups is 1. The minimum absolute atomic E-state index is 0.0517. The summed E-state index contributed by atoms with van der Waals surface area (Å²) in [6, 6.07) is 10.7. The van der Waals surface area contributed by atoms with E-state index in [2.05, 4.69) is 25.8 Å². The van der Waals surface area contributed by atoms with Gasteiger partial charge in [0.15, 0.2) is 0 Å². The van der Waals surface area contributed by atoms with Crippen LogP contribution in [-0.4, -0.2) is 104 Å². The van der Waals surface area contributed by atoms with Gasteiger partial charge in [-0.3, -0.25) is 43.8 Å². The van der Waals surface area contributed by atoms with Gasteiger partial charge in [-0.25, -0.2) is 4.98 Å². The van der Waals surface area contributed by atoms with Crippen molar-refractivity contribution < 1.29 is 47.0 Å². The normalized spacial score (nSPS) is 22.5. The van der Waals surface area contributed by atoms with Crippen LogP contribution in [0.5, 0.6) is 0 Å². The zero-order valence-corrected chi connectivity index (χ0v) is 34.5. The molecule has 2 aromatic carbocycles. The molecule has 3 fully saturated rings. The Bertz CT molecular complexity index is 2410. The van der Waals surface area contributed by atoms with Crippen molar-refractivity contribution in [2.45, 2.75) is 95.2 Å². The molecule has 62 heavy (non-hydrogen) atoms. The minimum atomic E-state index is -4.70. The first kappa shape index (κ1) is 42.9. The maximum absolute atomic E-state index is 13.4. The summed E-state index contributed by atoms with van der Waals surface area (Å²) >= 11 is 0. The number of nitrogens with one attached hydrogen (secondary N) is 3. The highest BCUT2D eigenvalue weighted by Gasteiger charge is 2.45. The number of piperidine rings is 1. The number of nitrogens with zero attached hydrogens (tertiary/aromatic N) is 5. The summed E-state index contributed by atoms with van der Waals surface area (Å²) in [7, 11) is 0. The van der Waals surface area contributed by atoms with Gasteiger partial charge in [-0.05, 0) is 101 Å². The standard InChI is InChI=1S/C44H49F3N8O7/c1-43(2,61)30-21-33-26(20-34(30)50-39(57)32-9-4-10-36(49-32)44(45,46)47)23-54(52-33)27-13-11-25(12-14-27)22-53-18-19-62-28(24-53)6-5-17-48-31-8-3-7-29-38(31)42(60)55(41(29)59)35-15-16-37(56)51-40(35)58/h3-4,7-10,20-21,23,25,27-28,35,48,61H,5-6,11-19,22,24H2,1-2H3,(H,50,57)(H,51,56,58)/t25?,27?,28-,35?/m0/s1. The van der Waals surface area contributed by atoms with E-state index in [4.69, 9.17) is 9.84 Å². The first-order valence-electron chi connectivity index (χ1n) is 21.1. The maximum atomic E-state index is 13.4. The Morgan fingerprint density at radius 2 is 1.76 bits per heavy atom. The fraction of sp³-hybridized carbons (Fsp3) is 0.477. The number of alkyl halides is 3. The molecule has 18 heteroatoms. The molecule has 2 saturated heterocycles. The van der Waals surface area contributed by atoms with Gasteiger partial charge in [0.2, 0.25) is 11.8 Å². The molecule has 4 N–H and O–H groups in total. The van der Waals surface area contributed by atoms with Gasteiger partial charge in [0.1, 0.15) is 17.4 Å². The quantitative estimate of drug-likeness (QED) is 0.102. The van der Waals surface area contributed by atoms with Crippen LogP contribution in [0.4, 0.5) is 24.5 Å². The highest BCUT2D eigenvalue weighted by Crippen LogP contribution is 2.37. The minimum Gasteiger partial charge on any atom is -0.386 e. The number of benzene rings is 2. The Balaban J connectivity index is 0.821. The third-order valence-electron chi connectivity index (χ3n) is 12.3. The number of rotatable bonds is 12. The second-order valence-corrected chi connectivity index (χ2v) is 17.2. The molecule has 1 aliphatic carbocycles. The lowest BCUT2D eigenvalue weighted by molar-refractivity contribution is -0.141. The van der Waals surface area contributed by atoms with Gasteiger partial charge in [-0.15, -0.1) is 0 Å². The van der Waals surface area contributed by atoms with Crippen LogP contribution in [0.15, 0.2) is 54.7 Å². The van der Waals surface area contributed by atoms with Crippen molar-refractivity contribution in [3.8, 4) is 0 Å². The van der Waals surface area contributed by atoms with Crippen LogP contribution < -0.4 is 16.0 Å². The van der Waals surface area contributed by atoms with Crippen LogP contribution >= 0.6 is 0 Å². The SMILES string of the molecule is CC(C)(O)c1cc2nn(C3CCC(CN4CCO[C@@H](CCCNc5cccc6c5C(=O)N(C5CCC(=O)NC5=O)C6=O)C4)CC3)cc2cc1NC(=O)c1cccc(C(F)(F)F)n1. The maximum Gasteiger partial charge on any atom is 0.433 e. The van der Waals surface area contributed by atoms with Crippen molar-refractivity contribution in [1.29, 1.82) is 0 Å². The molecule has 8 rings (SSSR count). The fourth-order valence-electron chi connectivity index (χ4n) is 9.09. The number of amides is 5. The number of carbonyl (C=O) groups excluding carboxylic acids is 5. The molecule has 0 bridgehead atoms. The van der Waals surface area contributed by atoms with E-state index in [9.17, 15) is 42.3 Å². The molecule has 0 radical (unpaired) electrons. The molecule has 15 nitrogen and oxygen atoms in total. The number of imide groups is 2. The van der Waals surface area contributed by atoms with Gasteiger partial charge >= 0.3 is 6.18 Å². The molecule has 1 unspecified atom stereocenters. The monoisotopic (exact) mass is 858 g/mol. The van der Waals surface area contributed by atoms with Gasteiger partial charge in [-0.2, -0.15) is 18.3 Å². The number of aromatic nitrogens is 3. The van der Waals surface area contributed by atoms with Crippen LogP contribution in [0.3, 0.4) is 0 Å². The zero-order valence-electron chi connectivity index (χ0n) is 34.5. The highest BCUT2D eigenvalue weighted by molar-refractivity contribution is 6.25. The van der Waals surface area contributed by atoms with Gasteiger partial charge in [0.05, 0.1) is 41.0 Å². The third kappa shape index (κ3) is 9.08.